The number of carbonyl (C=O) groups is 2. The molecule has 24 heavy (non-hydrogen) atoms. The van der Waals surface area contributed by atoms with E-state index in [1.54, 1.807) is 42.5 Å². The van der Waals surface area contributed by atoms with Crippen molar-refractivity contribution in [3.05, 3.63) is 59.7 Å². The van der Waals surface area contributed by atoms with E-state index >= 15 is 0 Å². The van der Waals surface area contributed by atoms with Crippen LogP contribution in [0.2, 0.25) is 0 Å². The Hall–Kier alpha value is -2.82. The maximum atomic E-state index is 11.8. The van der Waals surface area contributed by atoms with Crippen LogP contribution in [-0.2, 0) is 6.61 Å². The number of amides is 1. The zero-order valence-corrected chi connectivity index (χ0v) is 14.0. The zero-order valence-electron chi connectivity index (χ0n) is 14.0. The Morgan fingerprint density at radius 2 is 1.79 bits per heavy atom. The van der Waals surface area contributed by atoms with E-state index in [9.17, 15) is 9.59 Å². The third kappa shape index (κ3) is 5.76. The molecule has 0 spiro atoms. The van der Waals surface area contributed by atoms with Crippen LogP contribution in [0, 0.1) is 0 Å². The summed E-state index contributed by atoms with van der Waals surface area (Å²) in [6, 6.07) is 14.0. The Labute approximate surface area is 141 Å². The third-order valence-electron chi connectivity index (χ3n) is 3.01. The Bertz CT molecular complexity index is 702. The van der Waals surface area contributed by atoms with Gasteiger partial charge in [-0.1, -0.05) is 12.1 Å². The van der Waals surface area contributed by atoms with Gasteiger partial charge in [0.2, 0.25) is 0 Å². The van der Waals surface area contributed by atoms with Gasteiger partial charge in [-0.05, 0) is 62.7 Å². The molecule has 0 atom stereocenters. The number of carbonyl (C=O) groups excluding carboxylic acids is 2. The van der Waals surface area contributed by atoms with Gasteiger partial charge in [0, 0.05) is 11.1 Å². The maximum absolute atomic E-state index is 11.8. The van der Waals surface area contributed by atoms with Crippen LogP contribution in [0.15, 0.2) is 48.5 Å². The van der Waals surface area contributed by atoms with Gasteiger partial charge in [0.1, 0.15) is 24.4 Å². The lowest BCUT2D eigenvalue weighted by Gasteiger charge is -2.19. The first kappa shape index (κ1) is 17.5. The maximum Gasteiger partial charge on any atom is 0.413 e. The molecule has 0 radical (unpaired) electrons. The summed E-state index contributed by atoms with van der Waals surface area (Å²) in [5.74, 6) is 1.12. The van der Waals surface area contributed by atoms with Crippen molar-refractivity contribution in [2.24, 2.45) is 0 Å². The highest BCUT2D eigenvalue weighted by Gasteiger charge is 2.15. The molecule has 126 valence electrons. The Morgan fingerprint density at radius 1 is 1.08 bits per heavy atom. The summed E-state index contributed by atoms with van der Waals surface area (Å²) in [6.45, 7) is 5.98. The van der Waals surface area contributed by atoms with Gasteiger partial charge in [0.25, 0.3) is 0 Å². The van der Waals surface area contributed by atoms with Crippen molar-refractivity contribution in [3.8, 4) is 11.5 Å². The third-order valence-corrected chi connectivity index (χ3v) is 3.01. The molecule has 0 bridgehead atoms. The highest BCUT2D eigenvalue weighted by molar-refractivity contribution is 5.74. The predicted octanol–water partition coefficient (Wildman–Crippen LogP) is 3.97. The van der Waals surface area contributed by atoms with Crippen LogP contribution in [-0.4, -0.2) is 17.9 Å². The van der Waals surface area contributed by atoms with E-state index in [0.29, 0.717) is 23.7 Å². The Balaban J connectivity index is 1.94. The quantitative estimate of drug-likeness (QED) is 0.844. The zero-order chi connectivity index (χ0) is 17.6. The van der Waals surface area contributed by atoms with Crippen LogP contribution in [0.3, 0.4) is 0 Å². The van der Waals surface area contributed by atoms with E-state index in [0.717, 1.165) is 11.8 Å². The molecule has 0 saturated heterocycles. The highest BCUT2D eigenvalue weighted by atomic mass is 16.6. The van der Waals surface area contributed by atoms with Gasteiger partial charge in [0.05, 0.1) is 0 Å². The summed E-state index contributed by atoms with van der Waals surface area (Å²) in [4.78, 5) is 22.4. The fraction of sp³-hybridized carbons (Fsp3) is 0.263. The lowest BCUT2D eigenvalue weighted by Crippen LogP contribution is -2.42. The molecule has 0 unspecified atom stereocenters. The van der Waals surface area contributed by atoms with Crippen molar-refractivity contribution in [3.63, 3.8) is 0 Å². The number of aldehydes is 1. The number of benzene rings is 2. The van der Waals surface area contributed by atoms with E-state index < -0.39 is 6.09 Å². The van der Waals surface area contributed by atoms with E-state index in [1.807, 2.05) is 26.8 Å². The van der Waals surface area contributed by atoms with Crippen LogP contribution < -0.4 is 14.8 Å². The molecule has 1 N–H and O–H groups in total. The lowest BCUT2D eigenvalue weighted by molar-refractivity contribution is 0.112. The molecule has 0 fully saturated rings. The van der Waals surface area contributed by atoms with Gasteiger partial charge in [-0.3, -0.25) is 4.79 Å². The van der Waals surface area contributed by atoms with Gasteiger partial charge in [-0.2, -0.15) is 0 Å². The molecule has 2 aromatic rings. The summed E-state index contributed by atoms with van der Waals surface area (Å²) < 4.78 is 10.9. The van der Waals surface area contributed by atoms with Crippen molar-refractivity contribution >= 4 is 12.4 Å². The Kier molecular flexibility index (Phi) is 5.58. The predicted molar refractivity (Wildman–Crippen MR) is 91.5 cm³/mol. The summed E-state index contributed by atoms with van der Waals surface area (Å²) in [5.41, 5.74) is 1.11. The monoisotopic (exact) mass is 327 g/mol. The summed E-state index contributed by atoms with van der Waals surface area (Å²) in [5, 5.41) is 2.73. The molecular formula is C19H21NO4. The van der Waals surface area contributed by atoms with Gasteiger partial charge in [-0.15, -0.1) is 0 Å². The molecule has 5 heteroatoms. The molecule has 0 saturated carbocycles. The van der Waals surface area contributed by atoms with Crippen LogP contribution in [0.4, 0.5) is 4.79 Å². The minimum atomic E-state index is -0.495. The molecule has 0 aliphatic rings. The number of nitrogens with one attached hydrogen (secondary N) is 1. The number of rotatable bonds is 5. The topological polar surface area (TPSA) is 64.6 Å². The minimum Gasteiger partial charge on any atom is -0.489 e. The van der Waals surface area contributed by atoms with Gasteiger partial charge in [-0.25, -0.2) is 4.79 Å². The molecule has 5 nitrogen and oxygen atoms in total. The van der Waals surface area contributed by atoms with Crippen molar-refractivity contribution in [1.82, 2.24) is 5.32 Å². The second-order valence-corrected chi connectivity index (χ2v) is 6.39. The molecule has 2 rings (SSSR count). The summed E-state index contributed by atoms with van der Waals surface area (Å²) in [7, 11) is 0. The second-order valence-electron chi connectivity index (χ2n) is 6.39. The van der Waals surface area contributed by atoms with Crippen LogP contribution in [0.1, 0.15) is 36.7 Å². The van der Waals surface area contributed by atoms with Gasteiger partial charge >= 0.3 is 6.09 Å². The van der Waals surface area contributed by atoms with E-state index in [2.05, 4.69) is 5.32 Å². The van der Waals surface area contributed by atoms with E-state index in [-0.39, 0.29) is 5.54 Å². The molecule has 2 aromatic carbocycles. The van der Waals surface area contributed by atoms with Crippen LogP contribution in [0.5, 0.6) is 11.5 Å². The van der Waals surface area contributed by atoms with Crippen molar-refractivity contribution in [2.75, 3.05) is 0 Å². The molecule has 0 aliphatic carbocycles. The first-order valence-corrected chi connectivity index (χ1v) is 7.63. The van der Waals surface area contributed by atoms with E-state index in [1.165, 1.54) is 0 Å². The number of hydrogen-bond donors (Lipinski definition) is 1. The molecular weight excluding hydrogens is 306 g/mol. The highest BCUT2D eigenvalue weighted by Crippen LogP contribution is 2.17. The van der Waals surface area contributed by atoms with Crippen LogP contribution >= 0.6 is 0 Å². The minimum absolute atomic E-state index is 0.332. The number of hydrogen-bond acceptors (Lipinski definition) is 4. The average Bonchev–Trinajstić information content (AvgIpc) is 2.52. The Morgan fingerprint density at radius 3 is 2.42 bits per heavy atom. The molecule has 1 amide bonds. The average molecular weight is 327 g/mol. The SMILES string of the molecule is CC(C)(C)NC(=O)Oc1cccc(COc2ccc(C=O)cc2)c1. The fourth-order valence-electron chi connectivity index (χ4n) is 1.95. The normalized spacial score (nSPS) is 10.8. The molecule has 0 heterocycles. The number of ether oxygens (including phenoxy) is 2. The molecule has 0 aliphatic heterocycles. The first-order chi connectivity index (χ1) is 11.4. The smallest absolute Gasteiger partial charge is 0.413 e. The largest absolute Gasteiger partial charge is 0.489 e. The standard InChI is InChI=1S/C19H21NO4/c1-19(2,3)20-18(22)24-17-6-4-5-15(11-17)13-23-16-9-7-14(12-21)8-10-16/h4-12H,13H2,1-3H3,(H,20,22). The van der Waals surface area contributed by atoms with Crippen molar-refractivity contribution < 1.29 is 19.1 Å². The molecule has 0 aromatic heterocycles. The second kappa shape index (κ2) is 7.64. The van der Waals surface area contributed by atoms with E-state index in [4.69, 9.17) is 9.47 Å². The first-order valence-electron chi connectivity index (χ1n) is 7.63. The summed E-state index contributed by atoms with van der Waals surface area (Å²) >= 11 is 0. The van der Waals surface area contributed by atoms with Crippen LogP contribution in [0.25, 0.3) is 0 Å². The van der Waals surface area contributed by atoms with Crippen molar-refractivity contribution in [2.45, 2.75) is 32.9 Å². The fourth-order valence-corrected chi connectivity index (χ4v) is 1.95. The van der Waals surface area contributed by atoms with Crippen molar-refractivity contribution in [1.29, 1.82) is 0 Å². The lowest BCUT2D eigenvalue weighted by atomic mass is 10.1. The summed E-state index contributed by atoms with van der Waals surface area (Å²) in [6.07, 6.45) is 0.290. The van der Waals surface area contributed by atoms with Gasteiger partial charge < -0.3 is 14.8 Å². The van der Waals surface area contributed by atoms with Gasteiger partial charge in [0.15, 0.2) is 0 Å².